The van der Waals surface area contributed by atoms with E-state index in [1.54, 1.807) is 19.1 Å². The number of hydrogen-bond donors (Lipinski definition) is 6. The number of aliphatic hydroxyl groups excluding tert-OH is 1. The van der Waals surface area contributed by atoms with Crippen LogP contribution in [-0.4, -0.2) is 182 Å². The van der Waals surface area contributed by atoms with Crippen molar-refractivity contribution in [3.05, 3.63) is 64.7 Å². The number of carbonyl (C=O) groups is 9. The van der Waals surface area contributed by atoms with E-state index in [-0.39, 0.29) is 51.6 Å². The van der Waals surface area contributed by atoms with Crippen molar-refractivity contribution in [2.24, 2.45) is 5.92 Å². The number of carbonyl (C=O) groups excluding carboxylic acids is 8. The van der Waals surface area contributed by atoms with Gasteiger partial charge in [-0.1, -0.05) is 62.7 Å². The molecule has 5 aliphatic rings. The second-order valence-electron chi connectivity index (χ2n) is 18.7. The zero-order valence-electron chi connectivity index (χ0n) is 39.6. The Morgan fingerprint density at radius 2 is 1.45 bits per heavy atom. The molecule has 0 radical (unpaired) electrons. The zero-order chi connectivity index (χ0) is 50.9. The van der Waals surface area contributed by atoms with E-state index in [1.165, 1.54) is 4.90 Å². The van der Waals surface area contributed by atoms with Crippen molar-refractivity contribution in [3.8, 4) is 0 Å². The molecule has 3 fully saturated rings. The maximum absolute atomic E-state index is 14.3. The standard InChI is InChI=1S/C47H62N8O14.Al.FH/c1-3-27(2)41(44(64)49-32-12-11-30-5-4-6-31-22-35(55(42(30)31)45(32)65)43(63)50-34-23-40(62)69-47(34)68)51-36(56)14-13-33(46(66)67)48-37(57)21-28-7-9-29(10-8-28)24-52-15-17-53(25-38(58)59)19-20-54(18-16-52)26-39(60)61;;/h4-10,27,32-35,41,47,68H,3,11-26H2,1-2H3,(H,48,57)(H,49,64)(H,50,63)(H,51,56)(H,58,59)(H,60,61)(H,66,67);;1H/q;+3;/p-3/t27-,32-,33-,34?,35-,41-,47?;;/m0../s1. The van der Waals surface area contributed by atoms with Crippen molar-refractivity contribution in [3.63, 3.8) is 0 Å². The van der Waals surface area contributed by atoms with Crippen LogP contribution in [0.4, 0.5) is 9.21 Å². The summed E-state index contributed by atoms with van der Waals surface area (Å²) in [4.78, 5) is 124. The van der Waals surface area contributed by atoms with Crippen molar-refractivity contribution in [2.75, 3.05) is 57.3 Å². The second kappa shape index (κ2) is 23.9. The molecule has 7 rings (SSSR count). The number of aliphatic carboxylic acids is 1. The van der Waals surface area contributed by atoms with Gasteiger partial charge in [-0.3, -0.25) is 58.0 Å². The number of cyclic esters (lactones) is 1. The lowest BCUT2D eigenvalue weighted by Crippen LogP contribution is -2.59. The van der Waals surface area contributed by atoms with Gasteiger partial charge in [-0.2, -0.15) is 0 Å². The highest BCUT2D eigenvalue weighted by Gasteiger charge is 2.47. The molecule has 2 aromatic carbocycles. The number of esters is 1. The maximum atomic E-state index is 14.3. The van der Waals surface area contributed by atoms with E-state index < -0.39 is 111 Å². The molecule has 2 aromatic rings. The Hall–Kier alpha value is -6.03. The first-order valence-corrected chi connectivity index (χ1v) is 25.3. The molecule has 6 N–H and O–H groups in total. The topological polar surface area (TPSA) is 283 Å². The maximum Gasteiger partial charge on any atom is 1.15 e. The van der Waals surface area contributed by atoms with Gasteiger partial charge in [-0.05, 0) is 47.4 Å². The molecule has 3 saturated heterocycles. The van der Waals surface area contributed by atoms with Gasteiger partial charge in [0.05, 0.1) is 31.6 Å². The Balaban J connectivity index is 0.906. The second-order valence-corrected chi connectivity index (χ2v) is 19.7. The van der Waals surface area contributed by atoms with Gasteiger partial charge >= 0.3 is 27.2 Å². The molecule has 9 atom stereocenters. The van der Waals surface area contributed by atoms with Crippen LogP contribution in [0, 0.1) is 5.92 Å². The highest BCUT2D eigenvalue weighted by atomic mass is 27.3. The van der Waals surface area contributed by atoms with Crippen LogP contribution in [0.1, 0.15) is 68.2 Å². The molecule has 0 aliphatic carbocycles. The average molecular weight is 1010 g/mol. The number of carboxylic acids is 1. The van der Waals surface area contributed by atoms with Crippen LogP contribution >= 0.6 is 0 Å². The number of amides is 5. The molecule has 0 saturated carbocycles. The molecular formula is C47H60AlFN8O14. The lowest BCUT2D eigenvalue weighted by Gasteiger charge is -2.30. The summed E-state index contributed by atoms with van der Waals surface area (Å²) >= 11 is -3.91. The number of aliphatic hydroxyl groups is 1. The van der Waals surface area contributed by atoms with E-state index in [0.717, 1.165) is 16.7 Å². The first kappa shape index (κ1) is 52.8. The Morgan fingerprint density at radius 1 is 0.817 bits per heavy atom. The van der Waals surface area contributed by atoms with Crippen LogP contribution < -0.4 is 26.2 Å². The quantitative estimate of drug-likeness (QED) is 0.0844. The van der Waals surface area contributed by atoms with Gasteiger partial charge in [-0.25, -0.2) is 4.79 Å². The average Bonchev–Trinajstić information content (AvgIpc) is 3.85. The van der Waals surface area contributed by atoms with Crippen molar-refractivity contribution in [1.29, 1.82) is 0 Å². The molecule has 5 amide bonds. The summed E-state index contributed by atoms with van der Waals surface area (Å²) < 4.78 is 28.3. The van der Waals surface area contributed by atoms with Crippen LogP contribution in [-0.2, 0) is 81.3 Å². The van der Waals surface area contributed by atoms with Gasteiger partial charge in [0.25, 0.3) is 11.9 Å². The fourth-order valence-electron chi connectivity index (χ4n) is 9.44. The Morgan fingerprint density at radius 3 is 2.07 bits per heavy atom. The first-order chi connectivity index (χ1) is 33.9. The van der Waals surface area contributed by atoms with E-state index in [1.807, 2.05) is 47.1 Å². The monoisotopic (exact) mass is 1010 g/mol. The molecule has 24 heteroatoms. The third-order valence-corrected chi connectivity index (χ3v) is 14.5. The lowest BCUT2D eigenvalue weighted by molar-refractivity contribution is -0.155. The number of ether oxygens (including phenoxy) is 1. The number of hydrogen-bond acceptors (Lipinski definition) is 16. The van der Waals surface area contributed by atoms with Crippen LogP contribution in [0.25, 0.3) is 0 Å². The molecule has 22 nitrogen and oxygen atoms in total. The summed E-state index contributed by atoms with van der Waals surface area (Å²) in [5.74, 6) is -7.05. The minimum Gasteiger partial charge on any atom is -0.558 e. The Bertz CT molecular complexity index is 2330. The number of benzene rings is 2. The summed E-state index contributed by atoms with van der Waals surface area (Å²) in [6.45, 7) is 6.90. The lowest BCUT2D eigenvalue weighted by atomic mass is 9.96. The fourth-order valence-corrected chi connectivity index (χ4v) is 10.1. The molecule has 382 valence electrons. The third-order valence-electron chi connectivity index (χ3n) is 13.6. The van der Waals surface area contributed by atoms with Crippen molar-refractivity contribution < 1.29 is 69.2 Å². The van der Waals surface area contributed by atoms with Crippen LogP contribution in [0.3, 0.4) is 0 Å². The summed E-state index contributed by atoms with van der Waals surface area (Å²) in [5.41, 5.74) is 3.64. The Labute approximate surface area is 414 Å². The summed E-state index contributed by atoms with van der Waals surface area (Å²) in [6, 6.07) is 6.99. The van der Waals surface area contributed by atoms with Crippen molar-refractivity contribution in [2.45, 2.75) is 108 Å². The van der Waals surface area contributed by atoms with Crippen LogP contribution in [0.15, 0.2) is 42.5 Å². The number of aryl methyl sites for hydroxylation is 1. The highest BCUT2D eigenvalue weighted by molar-refractivity contribution is 6.41. The van der Waals surface area contributed by atoms with Crippen molar-refractivity contribution in [1.82, 2.24) is 36.0 Å². The number of carboxylic acid groups (broad SMARTS) is 1. The molecule has 2 bridgehead atoms. The number of rotatable bonds is 16. The normalized spacial score (nSPS) is 25.0. The van der Waals surface area contributed by atoms with E-state index in [2.05, 4.69) is 26.2 Å². The van der Waals surface area contributed by atoms with Crippen LogP contribution in [0.2, 0.25) is 0 Å². The van der Waals surface area contributed by atoms with E-state index in [4.69, 9.17) is 12.3 Å². The largest absolute Gasteiger partial charge is 1.15 e. The molecule has 0 aromatic heterocycles. The van der Waals surface area contributed by atoms with Crippen molar-refractivity contribution >= 4 is 74.4 Å². The zero-order valence-corrected chi connectivity index (χ0v) is 40.8. The van der Waals surface area contributed by atoms with Gasteiger partial charge in [0.1, 0.15) is 30.2 Å². The molecular weight excluding hydrogens is 947 g/mol. The smallest absolute Gasteiger partial charge is 0.558 e. The minimum absolute atomic E-state index is 0.135. The minimum atomic E-state index is -3.91. The molecule has 4 unspecified atom stereocenters. The summed E-state index contributed by atoms with van der Waals surface area (Å²) in [5, 5.41) is 30.8. The number of halogens is 1. The Kier molecular flexibility index (Phi) is 17.8. The van der Waals surface area contributed by atoms with E-state index in [0.29, 0.717) is 69.9 Å². The molecule has 0 spiro atoms. The highest BCUT2D eigenvalue weighted by Crippen LogP contribution is 2.39. The van der Waals surface area contributed by atoms with Gasteiger partial charge in [0.15, 0.2) is 0 Å². The van der Waals surface area contributed by atoms with Gasteiger partial charge < -0.3 is 47.3 Å². The fraction of sp³-hybridized carbons (Fsp3) is 0.553. The van der Waals surface area contributed by atoms with Crippen LogP contribution in [0.5, 0.6) is 0 Å². The SMILES string of the molecule is CC[C@H](C)[C@H](NC(=O)CC[C@H](NC(=O)Cc1ccc(CN2CCN3CCN(CC2)CC(=O)[O][Al]([F])[O]C(=O)C3)cc1)C(=O)O)C(=O)N[C@H]1CCc2cccc3c2N(C1=O)[C@H](C(=O)NC1CC(=O)OC1O)C3. The number of para-hydroxylation sites is 1. The van der Waals surface area contributed by atoms with E-state index >= 15 is 0 Å². The molecule has 71 heavy (non-hydrogen) atoms. The number of nitrogens with zero attached hydrogens (tertiary/aromatic N) is 4. The summed E-state index contributed by atoms with van der Waals surface area (Å²) in [7, 11) is 0. The van der Waals surface area contributed by atoms with Gasteiger partial charge in [0.2, 0.25) is 35.8 Å². The molecule has 5 heterocycles. The van der Waals surface area contributed by atoms with Gasteiger partial charge in [-0.15, -0.1) is 0 Å². The predicted molar refractivity (Wildman–Crippen MR) is 248 cm³/mol. The third kappa shape index (κ3) is 13.9. The first-order valence-electron chi connectivity index (χ1n) is 24.0. The van der Waals surface area contributed by atoms with E-state index in [9.17, 15) is 56.9 Å². The summed E-state index contributed by atoms with van der Waals surface area (Å²) in [6.07, 6.45) is -1.38. The van der Waals surface area contributed by atoms with Gasteiger partial charge in [0, 0.05) is 58.7 Å². The number of fused-ring (bicyclic) bond motifs is 3. The number of nitrogens with one attached hydrogen (secondary N) is 4. The predicted octanol–water partition coefficient (Wildman–Crippen LogP) is -1.28. The molecule has 5 aliphatic heterocycles. The number of anilines is 1.